The molecule has 0 aromatic carbocycles. The van der Waals surface area contributed by atoms with Crippen molar-refractivity contribution in [3.05, 3.63) is 18.0 Å². The highest BCUT2D eigenvalue weighted by Gasteiger charge is 2.14. The molecule has 4 nitrogen and oxygen atoms in total. The second kappa shape index (κ2) is 4.77. The summed E-state index contributed by atoms with van der Waals surface area (Å²) in [5.74, 6) is 0. The molecule has 1 heterocycles. The molecule has 0 radical (unpaired) electrons. The minimum absolute atomic E-state index is 0.194. The molecule has 1 aromatic rings. The number of aromatic nitrogens is 2. The van der Waals surface area contributed by atoms with Crippen molar-refractivity contribution in [2.45, 2.75) is 25.9 Å². The Hall–Kier alpha value is -1.34. The fraction of sp³-hybridized carbons (Fsp3) is 0.600. The zero-order valence-corrected chi connectivity index (χ0v) is 8.94. The molecule has 0 amide bonds. The lowest BCUT2D eigenvalue weighted by molar-refractivity contribution is 0.358. The maximum Gasteiger partial charge on any atom is 0.126 e. The molecule has 1 aromatic heterocycles. The van der Waals surface area contributed by atoms with Crippen LogP contribution in [0.1, 0.15) is 24.9 Å². The van der Waals surface area contributed by atoms with Crippen LogP contribution in [0.2, 0.25) is 0 Å². The van der Waals surface area contributed by atoms with E-state index in [1.165, 1.54) is 0 Å². The second-order valence-corrected chi connectivity index (χ2v) is 3.53. The molecule has 1 atom stereocenters. The topological polar surface area (TPSA) is 44.9 Å². The van der Waals surface area contributed by atoms with Crippen LogP contribution in [0.3, 0.4) is 0 Å². The van der Waals surface area contributed by atoms with Gasteiger partial charge in [0.25, 0.3) is 0 Å². The zero-order chi connectivity index (χ0) is 10.6. The van der Waals surface area contributed by atoms with Crippen LogP contribution in [0.4, 0.5) is 0 Å². The van der Waals surface area contributed by atoms with Gasteiger partial charge in [-0.15, -0.1) is 0 Å². The third kappa shape index (κ3) is 2.33. The average molecular weight is 192 g/mol. The van der Waals surface area contributed by atoms with Crippen molar-refractivity contribution < 1.29 is 0 Å². The lowest BCUT2D eigenvalue weighted by atomic mass is 10.2. The molecule has 0 bridgehead atoms. The second-order valence-electron chi connectivity index (χ2n) is 3.53. The number of nitriles is 1. The highest BCUT2D eigenvalue weighted by molar-refractivity contribution is 5.17. The van der Waals surface area contributed by atoms with Gasteiger partial charge in [0, 0.05) is 18.3 Å². The summed E-state index contributed by atoms with van der Waals surface area (Å²) < 4.78 is 1.88. The molecular formula is C10H16N4. The van der Waals surface area contributed by atoms with Crippen LogP contribution in [0.15, 0.2) is 12.4 Å². The molecule has 14 heavy (non-hydrogen) atoms. The van der Waals surface area contributed by atoms with Crippen LogP contribution in [0.25, 0.3) is 0 Å². The Bertz CT molecular complexity index is 321. The predicted octanol–water partition coefficient (Wildman–Crippen LogP) is 1.42. The Kier molecular flexibility index (Phi) is 3.66. The number of rotatable bonds is 4. The van der Waals surface area contributed by atoms with Crippen LogP contribution < -0.4 is 0 Å². The Balaban J connectivity index is 2.80. The molecule has 0 aliphatic heterocycles. The highest BCUT2D eigenvalue weighted by atomic mass is 15.3. The molecule has 0 aliphatic carbocycles. The van der Waals surface area contributed by atoms with Gasteiger partial charge in [0.15, 0.2) is 0 Å². The molecule has 1 rings (SSSR count). The van der Waals surface area contributed by atoms with E-state index in [9.17, 15) is 0 Å². The molecule has 0 fully saturated rings. The molecule has 0 saturated heterocycles. The van der Waals surface area contributed by atoms with E-state index in [4.69, 9.17) is 5.26 Å². The van der Waals surface area contributed by atoms with E-state index in [2.05, 4.69) is 18.1 Å². The Morgan fingerprint density at radius 2 is 2.36 bits per heavy atom. The van der Waals surface area contributed by atoms with Gasteiger partial charge in [0.05, 0.1) is 12.3 Å². The molecule has 0 spiro atoms. The van der Waals surface area contributed by atoms with Crippen LogP contribution in [-0.2, 0) is 6.54 Å². The summed E-state index contributed by atoms with van der Waals surface area (Å²) in [4.78, 5) is 1.88. The van der Waals surface area contributed by atoms with Gasteiger partial charge < -0.3 is 0 Å². The maximum atomic E-state index is 8.96. The summed E-state index contributed by atoms with van der Waals surface area (Å²) in [7, 11) is 3.79. The number of nitrogens with zero attached hydrogens (tertiary/aromatic N) is 4. The summed E-state index contributed by atoms with van der Waals surface area (Å²) >= 11 is 0. The van der Waals surface area contributed by atoms with Crippen LogP contribution in [0.5, 0.6) is 0 Å². The van der Waals surface area contributed by atoms with Gasteiger partial charge in [-0.3, -0.25) is 9.58 Å². The van der Waals surface area contributed by atoms with Crippen molar-refractivity contribution in [2.24, 2.45) is 0 Å². The maximum absolute atomic E-state index is 8.96. The monoisotopic (exact) mass is 192 g/mol. The zero-order valence-electron chi connectivity index (χ0n) is 8.94. The first kappa shape index (κ1) is 10.7. The van der Waals surface area contributed by atoms with Gasteiger partial charge in [-0.25, -0.2) is 0 Å². The first-order valence-corrected chi connectivity index (χ1v) is 4.77. The quantitative estimate of drug-likeness (QED) is 0.724. The van der Waals surface area contributed by atoms with E-state index in [0.29, 0.717) is 0 Å². The van der Waals surface area contributed by atoms with Crippen LogP contribution in [-0.4, -0.2) is 28.8 Å². The van der Waals surface area contributed by atoms with E-state index in [0.717, 1.165) is 18.5 Å². The van der Waals surface area contributed by atoms with Crippen molar-refractivity contribution in [2.75, 3.05) is 14.1 Å². The summed E-state index contributed by atoms with van der Waals surface area (Å²) in [5.41, 5.74) is 0.964. The first-order chi connectivity index (χ1) is 6.69. The lowest BCUT2D eigenvalue weighted by Gasteiger charge is -2.14. The van der Waals surface area contributed by atoms with E-state index >= 15 is 0 Å². The Labute approximate surface area is 84.7 Å². The van der Waals surface area contributed by atoms with Gasteiger partial charge in [-0.2, -0.15) is 10.4 Å². The fourth-order valence-corrected chi connectivity index (χ4v) is 1.36. The third-order valence-electron chi connectivity index (χ3n) is 2.06. The minimum Gasteiger partial charge on any atom is -0.290 e. The van der Waals surface area contributed by atoms with E-state index in [1.807, 2.05) is 29.9 Å². The fourth-order valence-electron chi connectivity index (χ4n) is 1.36. The minimum atomic E-state index is -0.194. The van der Waals surface area contributed by atoms with E-state index in [-0.39, 0.29) is 6.04 Å². The number of aryl methyl sites for hydroxylation is 1. The van der Waals surface area contributed by atoms with Crippen molar-refractivity contribution in [3.63, 3.8) is 0 Å². The largest absolute Gasteiger partial charge is 0.290 e. The number of hydrogen-bond acceptors (Lipinski definition) is 3. The normalized spacial score (nSPS) is 12.8. The average Bonchev–Trinajstić information content (AvgIpc) is 2.54. The van der Waals surface area contributed by atoms with Gasteiger partial charge in [-0.1, -0.05) is 6.92 Å². The van der Waals surface area contributed by atoms with E-state index < -0.39 is 0 Å². The van der Waals surface area contributed by atoms with Gasteiger partial charge >= 0.3 is 0 Å². The summed E-state index contributed by atoms with van der Waals surface area (Å²) in [6, 6.07) is 2.05. The number of hydrogen-bond donors (Lipinski definition) is 0. The third-order valence-corrected chi connectivity index (χ3v) is 2.06. The molecule has 0 aliphatic rings. The van der Waals surface area contributed by atoms with Crippen molar-refractivity contribution >= 4 is 0 Å². The van der Waals surface area contributed by atoms with Gasteiger partial charge in [0.2, 0.25) is 0 Å². The SMILES string of the molecule is CCCn1cc(C(C#N)N(C)C)cn1. The van der Waals surface area contributed by atoms with Crippen LogP contribution in [0, 0.1) is 11.3 Å². The lowest BCUT2D eigenvalue weighted by Crippen LogP contribution is -2.17. The Morgan fingerprint density at radius 1 is 1.64 bits per heavy atom. The summed E-state index contributed by atoms with van der Waals surface area (Å²) in [6.07, 6.45) is 4.77. The van der Waals surface area contributed by atoms with Crippen molar-refractivity contribution in [3.8, 4) is 6.07 Å². The highest BCUT2D eigenvalue weighted by Crippen LogP contribution is 2.15. The molecule has 0 N–H and O–H groups in total. The molecule has 4 heteroatoms. The molecule has 76 valence electrons. The van der Waals surface area contributed by atoms with Crippen molar-refractivity contribution in [1.82, 2.24) is 14.7 Å². The van der Waals surface area contributed by atoms with Crippen molar-refractivity contribution in [1.29, 1.82) is 5.26 Å². The standard InChI is InChI=1S/C10H16N4/c1-4-5-14-8-9(7-12-14)10(6-11)13(2)3/h7-8,10H,4-5H2,1-3H3. The summed E-state index contributed by atoms with van der Waals surface area (Å²) in [6.45, 7) is 3.01. The van der Waals surface area contributed by atoms with Gasteiger partial charge in [-0.05, 0) is 20.5 Å². The molecule has 1 unspecified atom stereocenters. The van der Waals surface area contributed by atoms with E-state index in [1.54, 1.807) is 6.20 Å². The Morgan fingerprint density at radius 3 is 2.86 bits per heavy atom. The summed E-state index contributed by atoms with van der Waals surface area (Å²) in [5, 5.41) is 13.2. The van der Waals surface area contributed by atoms with Gasteiger partial charge in [0.1, 0.15) is 6.04 Å². The molecular weight excluding hydrogens is 176 g/mol. The predicted molar refractivity (Wildman–Crippen MR) is 54.6 cm³/mol. The smallest absolute Gasteiger partial charge is 0.126 e. The molecule has 0 saturated carbocycles. The first-order valence-electron chi connectivity index (χ1n) is 4.77. The van der Waals surface area contributed by atoms with Crippen LogP contribution >= 0.6 is 0 Å².